The summed E-state index contributed by atoms with van der Waals surface area (Å²) in [6, 6.07) is 4.43. The van der Waals surface area contributed by atoms with Gasteiger partial charge in [-0.3, -0.25) is 9.59 Å². The van der Waals surface area contributed by atoms with Crippen LogP contribution in [0.3, 0.4) is 0 Å². The molecule has 7 heteroatoms. The molecule has 1 rings (SSSR count). The van der Waals surface area contributed by atoms with Gasteiger partial charge in [-0.15, -0.1) is 0 Å². The number of nitrogens with zero attached hydrogens (tertiary/aromatic N) is 1. The monoisotopic (exact) mass is 337 g/mol. The maximum atomic E-state index is 12.5. The minimum absolute atomic E-state index is 0.00874. The molecule has 0 aliphatic rings. The van der Waals surface area contributed by atoms with E-state index in [4.69, 9.17) is 9.47 Å². The topological polar surface area (TPSA) is 93.1 Å². The van der Waals surface area contributed by atoms with Crippen molar-refractivity contribution in [2.24, 2.45) is 0 Å². The van der Waals surface area contributed by atoms with Crippen LogP contribution in [0.1, 0.15) is 49.0 Å². The molecule has 132 valence electrons. The van der Waals surface area contributed by atoms with Crippen molar-refractivity contribution in [1.29, 1.82) is 0 Å². The van der Waals surface area contributed by atoms with Crippen LogP contribution in [0.5, 0.6) is 5.75 Å². The maximum Gasteiger partial charge on any atom is 0.416 e. The molecule has 1 N–H and O–H groups in total. The smallest absolute Gasteiger partial charge is 0.416 e. The van der Waals surface area contributed by atoms with Gasteiger partial charge in [-0.2, -0.15) is 0 Å². The van der Waals surface area contributed by atoms with Crippen molar-refractivity contribution in [2.75, 3.05) is 20.3 Å². The van der Waals surface area contributed by atoms with Crippen molar-refractivity contribution in [3.8, 4) is 5.75 Å². The third-order valence-electron chi connectivity index (χ3n) is 3.43. The van der Waals surface area contributed by atoms with E-state index in [9.17, 15) is 19.5 Å². The van der Waals surface area contributed by atoms with Crippen molar-refractivity contribution in [2.45, 2.75) is 33.1 Å². The van der Waals surface area contributed by atoms with E-state index in [0.717, 1.165) is 4.90 Å². The average Bonchev–Trinajstić information content (AvgIpc) is 2.53. The molecule has 1 atom stereocenters. The SMILES string of the molecule is CCOC(=O)C[C@H](C)c1c(O)cccc1C(=O)N(C)C(=O)OCC. The zero-order valence-corrected chi connectivity index (χ0v) is 14.4. The second kappa shape index (κ2) is 8.90. The molecule has 0 radical (unpaired) electrons. The number of carbonyl (C=O) groups excluding carboxylic acids is 3. The Morgan fingerprint density at radius 1 is 1.17 bits per heavy atom. The molecule has 0 saturated carbocycles. The van der Waals surface area contributed by atoms with Gasteiger partial charge in [-0.05, 0) is 31.9 Å². The van der Waals surface area contributed by atoms with Crippen LogP contribution in [0.25, 0.3) is 0 Å². The number of ether oxygens (including phenoxy) is 2. The summed E-state index contributed by atoms with van der Waals surface area (Å²) < 4.78 is 9.70. The summed E-state index contributed by atoms with van der Waals surface area (Å²) in [4.78, 5) is 36.8. The first-order valence-electron chi connectivity index (χ1n) is 7.75. The Kier molecular flexibility index (Phi) is 7.23. The average molecular weight is 337 g/mol. The summed E-state index contributed by atoms with van der Waals surface area (Å²) in [6.07, 6.45) is -0.774. The van der Waals surface area contributed by atoms with Crippen molar-refractivity contribution >= 4 is 18.0 Å². The summed E-state index contributed by atoms with van der Waals surface area (Å²) in [6.45, 7) is 5.43. The molecular weight excluding hydrogens is 314 g/mol. The predicted octanol–water partition coefficient (Wildman–Crippen LogP) is 2.68. The van der Waals surface area contributed by atoms with Gasteiger partial charge < -0.3 is 14.6 Å². The second-order valence-corrected chi connectivity index (χ2v) is 5.21. The third kappa shape index (κ3) is 4.71. The van der Waals surface area contributed by atoms with Gasteiger partial charge in [0.25, 0.3) is 5.91 Å². The van der Waals surface area contributed by atoms with E-state index >= 15 is 0 Å². The van der Waals surface area contributed by atoms with Gasteiger partial charge >= 0.3 is 12.1 Å². The largest absolute Gasteiger partial charge is 0.508 e. The lowest BCUT2D eigenvalue weighted by atomic mass is 9.91. The van der Waals surface area contributed by atoms with E-state index in [0.29, 0.717) is 5.56 Å². The van der Waals surface area contributed by atoms with Crippen LogP contribution in [0, 0.1) is 0 Å². The maximum absolute atomic E-state index is 12.5. The van der Waals surface area contributed by atoms with Crippen molar-refractivity contribution in [1.82, 2.24) is 4.90 Å². The van der Waals surface area contributed by atoms with Crippen LogP contribution in [0.15, 0.2) is 18.2 Å². The van der Waals surface area contributed by atoms with Crippen LogP contribution in [-0.4, -0.2) is 48.2 Å². The number of carbonyl (C=O) groups is 3. The Hall–Kier alpha value is -2.57. The number of benzene rings is 1. The van der Waals surface area contributed by atoms with Crippen LogP contribution in [-0.2, 0) is 14.3 Å². The van der Waals surface area contributed by atoms with Gasteiger partial charge in [-0.25, -0.2) is 9.69 Å². The molecule has 0 aliphatic heterocycles. The number of phenols is 1. The molecule has 1 aromatic carbocycles. The predicted molar refractivity (Wildman–Crippen MR) is 86.9 cm³/mol. The van der Waals surface area contributed by atoms with Crippen LogP contribution < -0.4 is 0 Å². The molecule has 0 aliphatic carbocycles. The van der Waals surface area contributed by atoms with E-state index in [2.05, 4.69) is 0 Å². The fourth-order valence-corrected chi connectivity index (χ4v) is 2.31. The highest BCUT2D eigenvalue weighted by Gasteiger charge is 2.27. The number of esters is 1. The van der Waals surface area contributed by atoms with Crippen LogP contribution in [0.2, 0.25) is 0 Å². The Bertz CT molecular complexity index is 613. The zero-order chi connectivity index (χ0) is 18.3. The third-order valence-corrected chi connectivity index (χ3v) is 3.43. The lowest BCUT2D eigenvalue weighted by molar-refractivity contribution is -0.143. The van der Waals surface area contributed by atoms with Gasteiger partial charge in [0.1, 0.15) is 5.75 Å². The van der Waals surface area contributed by atoms with Crippen LogP contribution in [0.4, 0.5) is 4.79 Å². The number of rotatable bonds is 6. The highest BCUT2D eigenvalue weighted by atomic mass is 16.6. The minimum atomic E-state index is -0.783. The number of hydrogen-bond acceptors (Lipinski definition) is 6. The lowest BCUT2D eigenvalue weighted by Crippen LogP contribution is -2.34. The summed E-state index contributed by atoms with van der Waals surface area (Å²) >= 11 is 0. The first-order valence-corrected chi connectivity index (χ1v) is 7.75. The Labute approximate surface area is 141 Å². The number of phenolic OH excluding ortho intramolecular Hbond substituents is 1. The van der Waals surface area contributed by atoms with E-state index in [1.165, 1.54) is 25.2 Å². The molecule has 0 unspecified atom stereocenters. The van der Waals surface area contributed by atoms with Crippen LogP contribution >= 0.6 is 0 Å². The number of hydrogen-bond donors (Lipinski definition) is 1. The van der Waals surface area contributed by atoms with Gasteiger partial charge in [0.15, 0.2) is 0 Å². The number of imide groups is 1. The molecule has 24 heavy (non-hydrogen) atoms. The molecule has 0 fully saturated rings. The first kappa shape index (κ1) is 19.5. The highest BCUT2D eigenvalue weighted by Crippen LogP contribution is 2.32. The second-order valence-electron chi connectivity index (χ2n) is 5.21. The Morgan fingerprint density at radius 3 is 2.38 bits per heavy atom. The number of amides is 2. The summed E-state index contributed by atoms with van der Waals surface area (Å²) in [7, 11) is 1.30. The highest BCUT2D eigenvalue weighted by molar-refractivity contribution is 6.04. The van der Waals surface area contributed by atoms with E-state index in [1.807, 2.05) is 0 Å². The quantitative estimate of drug-likeness (QED) is 0.802. The molecule has 7 nitrogen and oxygen atoms in total. The van der Waals surface area contributed by atoms with Crippen molar-refractivity contribution in [3.63, 3.8) is 0 Å². The summed E-state index contributed by atoms with van der Waals surface area (Å²) in [5.41, 5.74) is 0.439. The molecule has 0 aromatic heterocycles. The van der Waals surface area contributed by atoms with E-state index < -0.39 is 23.9 Å². The molecular formula is C17H23NO6. The van der Waals surface area contributed by atoms with Gasteiger partial charge in [0.05, 0.1) is 19.6 Å². The fraction of sp³-hybridized carbons (Fsp3) is 0.471. The van der Waals surface area contributed by atoms with Gasteiger partial charge in [0.2, 0.25) is 0 Å². The van der Waals surface area contributed by atoms with E-state index in [1.54, 1.807) is 20.8 Å². The molecule has 2 amide bonds. The van der Waals surface area contributed by atoms with Gasteiger partial charge in [-0.1, -0.05) is 13.0 Å². The molecule has 0 bridgehead atoms. The minimum Gasteiger partial charge on any atom is -0.508 e. The number of aromatic hydroxyl groups is 1. The fourth-order valence-electron chi connectivity index (χ4n) is 2.31. The summed E-state index contributed by atoms with van der Waals surface area (Å²) in [5, 5.41) is 10.1. The summed E-state index contributed by atoms with van der Waals surface area (Å²) in [5.74, 6) is -1.62. The molecule has 0 spiro atoms. The van der Waals surface area contributed by atoms with Crippen molar-refractivity contribution in [3.05, 3.63) is 29.3 Å². The lowest BCUT2D eigenvalue weighted by Gasteiger charge is -2.20. The van der Waals surface area contributed by atoms with E-state index in [-0.39, 0.29) is 30.9 Å². The van der Waals surface area contributed by atoms with Crippen molar-refractivity contribution < 1.29 is 29.0 Å². The molecule has 0 saturated heterocycles. The first-order chi connectivity index (χ1) is 11.3. The van der Waals surface area contributed by atoms with Gasteiger partial charge in [0, 0.05) is 18.2 Å². The Morgan fingerprint density at radius 2 is 1.79 bits per heavy atom. The standard InChI is InChI=1S/C17H23NO6/c1-5-23-14(20)10-11(3)15-12(8-7-9-13(15)19)16(21)18(4)17(22)24-6-2/h7-9,11,19H,5-6,10H2,1-4H3/t11-/m0/s1. The Balaban J connectivity index is 3.12. The molecule has 1 aromatic rings. The molecule has 0 heterocycles. The zero-order valence-electron chi connectivity index (χ0n) is 14.4. The normalized spacial score (nSPS) is 11.5.